The molecule has 0 radical (unpaired) electrons. The van der Waals surface area contributed by atoms with Gasteiger partial charge in [-0.25, -0.2) is 0 Å². The van der Waals surface area contributed by atoms with E-state index in [2.05, 4.69) is 64.4 Å². The van der Waals surface area contributed by atoms with E-state index in [1.165, 1.54) is 29.7 Å². The Labute approximate surface area is 236 Å². The number of amides is 1. The lowest BCUT2D eigenvalue weighted by Gasteiger charge is -2.40. The summed E-state index contributed by atoms with van der Waals surface area (Å²) in [5.74, 6) is -0.884. The van der Waals surface area contributed by atoms with Crippen LogP contribution >= 0.6 is 11.6 Å². The van der Waals surface area contributed by atoms with Crippen LogP contribution in [0.15, 0.2) is 84.9 Å². The highest BCUT2D eigenvalue weighted by Gasteiger charge is 2.26. The number of piperazine rings is 1. The smallest absolute Gasteiger partial charge is 0.329 e. The fraction of sp³-hybridized carbons (Fsp3) is 0.312. The summed E-state index contributed by atoms with van der Waals surface area (Å²) >= 11 is 6.17. The van der Waals surface area contributed by atoms with Crippen LogP contribution in [-0.2, 0) is 21.0 Å². The summed E-state index contributed by atoms with van der Waals surface area (Å²) in [6.45, 7) is 9.65. The van der Waals surface area contributed by atoms with Gasteiger partial charge in [-0.3, -0.25) is 19.4 Å². The van der Waals surface area contributed by atoms with Gasteiger partial charge in [-0.1, -0.05) is 78.3 Å². The Bertz CT molecular complexity index is 1250. The largest absolute Gasteiger partial charge is 0.338 e. The summed E-state index contributed by atoms with van der Waals surface area (Å²) in [6, 6.07) is 27.0. The second-order valence-electron chi connectivity index (χ2n) is 10.1. The number of hydrogen-bond donors (Lipinski definition) is 0. The van der Waals surface area contributed by atoms with Crippen molar-refractivity contribution < 1.29 is 14.4 Å². The molecule has 204 valence electrons. The van der Waals surface area contributed by atoms with Crippen LogP contribution in [0.1, 0.15) is 49.1 Å². The second kappa shape index (κ2) is 13.6. The average Bonchev–Trinajstić information content (AvgIpc) is 2.93. The van der Waals surface area contributed by atoms with E-state index >= 15 is 0 Å². The van der Waals surface area contributed by atoms with Crippen LogP contribution in [0, 0.1) is 0 Å². The SMILES string of the molecule is CC(=O)ON(C(=O)C=Cc1ccc(CN2CCN(C(c3ccccc3)c3ccc(Cl)cc3)CC2)cc1)C(C)C. The van der Waals surface area contributed by atoms with Gasteiger partial charge in [-0.2, -0.15) is 5.06 Å². The van der Waals surface area contributed by atoms with Crippen molar-refractivity contribution in [1.82, 2.24) is 14.9 Å². The molecule has 7 heteroatoms. The number of carbonyl (C=O) groups excluding carboxylic acids is 2. The first-order valence-electron chi connectivity index (χ1n) is 13.4. The fourth-order valence-electron chi connectivity index (χ4n) is 4.85. The Morgan fingerprint density at radius 1 is 0.897 bits per heavy atom. The monoisotopic (exact) mass is 545 g/mol. The van der Waals surface area contributed by atoms with Crippen LogP contribution in [0.3, 0.4) is 0 Å². The number of hydrogen-bond acceptors (Lipinski definition) is 5. The molecule has 0 aliphatic carbocycles. The number of benzene rings is 3. The van der Waals surface area contributed by atoms with Crippen LogP contribution in [0.5, 0.6) is 0 Å². The molecular weight excluding hydrogens is 510 g/mol. The van der Waals surface area contributed by atoms with Crippen molar-refractivity contribution in [2.24, 2.45) is 0 Å². The standard InChI is InChI=1S/C32H36ClN3O3/c1-24(2)36(39-25(3)37)31(38)18-13-26-9-11-27(12-10-26)23-34-19-21-35(22-20-34)32(28-7-5-4-6-8-28)29-14-16-30(33)17-15-29/h4-18,24,32H,19-23H2,1-3H3. The maximum Gasteiger partial charge on any atom is 0.329 e. The molecular formula is C32H36ClN3O3. The predicted molar refractivity (Wildman–Crippen MR) is 156 cm³/mol. The molecule has 39 heavy (non-hydrogen) atoms. The van der Waals surface area contributed by atoms with Crippen LogP contribution in [0.2, 0.25) is 5.02 Å². The van der Waals surface area contributed by atoms with Gasteiger partial charge in [0, 0.05) is 50.7 Å². The summed E-state index contributed by atoms with van der Waals surface area (Å²) in [5, 5.41) is 1.84. The maximum atomic E-state index is 12.4. The molecule has 1 aliphatic rings. The summed E-state index contributed by atoms with van der Waals surface area (Å²) < 4.78 is 0. The van der Waals surface area contributed by atoms with Gasteiger partial charge in [0.1, 0.15) is 0 Å². The molecule has 6 nitrogen and oxygen atoms in total. The lowest BCUT2D eigenvalue weighted by molar-refractivity contribution is -0.199. The summed E-state index contributed by atoms with van der Waals surface area (Å²) in [7, 11) is 0. The summed E-state index contributed by atoms with van der Waals surface area (Å²) in [6.07, 6.45) is 3.17. The molecule has 3 aromatic rings. The first kappa shape index (κ1) is 28.6. The van der Waals surface area contributed by atoms with Gasteiger partial charge in [0.15, 0.2) is 0 Å². The van der Waals surface area contributed by atoms with Crippen molar-refractivity contribution in [1.29, 1.82) is 0 Å². The maximum absolute atomic E-state index is 12.4. The third kappa shape index (κ3) is 8.02. The molecule has 0 bridgehead atoms. The molecule has 1 aliphatic heterocycles. The van der Waals surface area contributed by atoms with E-state index in [0.717, 1.165) is 48.4 Å². The fourth-order valence-corrected chi connectivity index (χ4v) is 4.98. The molecule has 1 atom stereocenters. The highest BCUT2D eigenvalue weighted by Crippen LogP contribution is 2.30. The van der Waals surface area contributed by atoms with Crippen molar-refractivity contribution in [3.63, 3.8) is 0 Å². The quantitative estimate of drug-likeness (QED) is 0.258. The molecule has 1 saturated heterocycles. The lowest BCUT2D eigenvalue weighted by atomic mass is 9.96. The topological polar surface area (TPSA) is 53.1 Å². The van der Waals surface area contributed by atoms with Crippen molar-refractivity contribution in [2.75, 3.05) is 26.2 Å². The molecule has 0 N–H and O–H groups in total. The lowest BCUT2D eigenvalue weighted by Crippen LogP contribution is -2.47. The van der Waals surface area contributed by atoms with Gasteiger partial charge in [-0.15, -0.1) is 0 Å². The van der Waals surface area contributed by atoms with E-state index in [-0.39, 0.29) is 18.0 Å². The molecule has 0 spiro atoms. The van der Waals surface area contributed by atoms with E-state index in [4.69, 9.17) is 16.4 Å². The van der Waals surface area contributed by atoms with E-state index in [1.54, 1.807) is 19.9 Å². The highest BCUT2D eigenvalue weighted by molar-refractivity contribution is 6.30. The summed E-state index contributed by atoms with van der Waals surface area (Å²) in [4.78, 5) is 33.8. The third-order valence-electron chi connectivity index (χ3n) is 6.79. The second-order valence-corrected chi connectivity index (χ2v) is 10.5. The molecule has 1 amide bonds. The van der Waals surface area contributed by atoms with Gasteiger partial charge >= 0.3 is 5.97 Å². The average molecular weight is 546 g/mol. The van der Waals surface area contributed by atoms with Crippen LogP contribution in [0.25, 0.3) is 6.08 Å². The van der Waals surface area contributed by atoms with Gasteiger partial charge in [0.25, 0.3) is 5.91 Å². The number of rotatable bonds is 8. The number of nitrogens with zero attached hydrogens (tertiary/aromatic N) is 3. The molecule has 1 unspecified atom stereocenters. The Balaban J connectivity index is 1.34. The molecule has 1 heterocycles. The molecule has 0 saturated carbocycles. The van der Waals surface area contributed by atoms with E-state index in [0.29, 0.717) is 0 Å². The minimum absolute atomic E-state index is 0.201. The zero-order chi connectivity index (χ0) is 27.8. The van der Waals surface area contributed by atoms with Gasteiger partial charge < -0.3 is 4.84 Å². The highest BCUT2D eigenvalue weighted by atomic mass is 35.5. The van der Waals surface area contributed by atoms with Crippen molar-refractivity contribution in [2.45, 2.75) is 39.4 Å². The zero-order valence-electron chi connectivity index (χ0n) is 22.8. The minimum atomic E-state index is -0.517. The van der Waals surface area contributed by atoms with Crippen LogP contribution < -0.4 is 0 Å². The van der Waals surface area contributed by atoms with Crippen LogP contribution in [0.4, 0.5) is 0 Å². The number of hydroxylamine groups is 2. The third-order valence-corrected chi connectivity index (χ3v) is 7.04. The Morgan fingerprint density at radius 2 is 1.51 bits per heavy atom. The van der Waals surface area contributed by atoms with Crippen LogP contribution in [-0.4, -0.2) is 59.0 Å². The number of carbonyl (C=O) groups is 2. The normalized spacial score (nSPS) is 15.4. The zero-order valence-corrected chi connectivity index (χ0v) is 23.6. The van der Waals surface area contributed by atoms with E-state index in [1.807, 2.05) is 24.3 Å². The molecule has 0 aromatic heterocycles. The molecule has 4 rings (SSSR count). The van der Waals surface area contributed by atoms with E-state index < -0.39 is 5.97 Å². The first-order chi connectivity index (χ1) is 18.8. The van der Waals surface area contributed by atoms with Gasteiger partial charge in [0.2, 0.25) is 0 Å². The van der Waals surface area contributed by atoms with E-state index in [9.17, 15) is 9.59 Å². The minimum Gasteiger partial charge on any atom is -0.338 e. The van der Waals surface area contributed by atoms with Gasteiger partial charge in [0.05, 0.1) is 12.1 Å². The van der Waals surface area contributed by atoms with Gasteiger partial charge in [-0.05, 0) is 54.3 Å². The Hall–Kier alpha value is -3.45. The van der Waals surface area contributed by atoms with Crippen molar-refractivity contribution in [3.05, 3.63) is 112 Å². The number of halogens is 1. The predicted octanol–water partition coefficient (Wildman–Crippen LogP) is 5.98. The Morgan fingerprint density at radius 3 is 2.10 bits per heavy atom. The Kier molecular flexibility index (Phi) is 9.93. The molecule has 3 aromatic carbocycles. The molecule has 1 fully saturated rings. The first-order valence-corrected chi connectivity index (χ1v) is 13.7. The van der Waals surface area contributed by atoms with Crippen molar-refractivity contribution in [3.8, 4) is 0 Å². The summed E-state index contributed by atoms with van der Waals surface area (Å²) in [5.41, 5.74) is 4.69. The van der Waals surface area contributed by atoms with Crippen molar-refractivity contribution >= 4 is 29.6 Å².